The Morgan fingerprint density at radius 3 is 2.50 bits per heavy atom. The summed E-state index contributed by atoms with van der Waals surface area (Å²) in [5.74, 6) is 0.219. The fourth-order valence-corrected chi connectivity index (χ4v) is 2.05. The van der Waals surface area contributed by atoms with Crippen LogP contribution in [0.4, 0.5) is 0 Å². The minimum atomic E-state index is 0.176. The zero-order valence-corrected chi connectivity index (χ0v) is 10.5. The Morgan fingerprint density at radius 1 is 1.19 bits per heavy atom. The first kappa shape index (κ1) is 11.2. The second-order valence-electron chi connectivity index (χ2n) is 5.66. The third kappa shape index (κ3) is 1.97. The molecule has 1 aromatic carbocycles. The van der Waals surface area contributed by atoms with Crippen LogP contribution in [0.1, 0.15) is 37.5 Å². The number of hydrogen-bond acceptors (Lipinski definition) is 1. The van der Waals surface area contributed by atoms with E-state index in [9.17, 15) is 4.79 Å². The number of amides is 1. The summed E-state index contributed by atoms with van der Waals surface area (Å²) in [5.41, 5.74) is 4.01. The van der Waals surface area contributed by atoms with Crippen LogP contribution in [0, 0.1) is 0 Å². The molecular formula is C14H19NO. The highest BCUT2D eigenvalue weighted by Gasteiger charge is 2.22. The highest BCUT2D eigenvalue weighted by Crippen LogP contribution is 2.27. The van der Waals surface area contributed by atoms with E-state index in [1.165, 1.54) is 16.7 Å². The lowest BCUT2D eigenvalue weighted by atomic mass is 9.84. The predicted octanol–water partition coefficient (Wildman–Crippen LogP) is 2.50. The van der Waals surface area contributed by atoms with E-state index < -0.39 is 0 Å². The second kappa shape index (κ2) is 3.62. The van der Waals surface area contributed by atoms with Gasteiger partial charge in [0.25, 0.3) is 0 Å². The van der Waals surface area contributed by atoms with Gasteiger partial charge in [-0.15, -0.1) is 0 Å². The molecule has 1 aromatic rings. The van der Waals surface area contributed by atoms with Crippen molar-refractivity contribution >= 4 is 5.91 Å². The Morgan fingerprint density at radius 2 is 1.88 bits per heavy atom. The van der Waals surface area contributed by atoms with Crippen LogP contribution in [0.25, 0.3) is 0 Å². The molecule has 2 rings (SSSR count). The summed E-state index contributed by atoms with van der Waals surface area (Å²) in [6, 6.07) is 6.51. The second-order valence-corrected chi connectivity index (χ2v) is 5.66. The molecular weight excluding hydrogens is 198 g/mol. The van der Waals surface area contributed by atoms with Crippen LogP contribution in [-0.4, -0.2) is 17.9 Å². The normalized spacial score (nSPS) is 16.2. The maximum absolute atomic E-state index is 11.6. The number of rotatable bonds is 0. The summed E-state index contributed by atoms with van der Waals surface area (Å²) < 4.78 is 0. The van der Waals surface area contributed by atoms with Gasteiger partial charge in [0.15, 0.2) is 0 Å². The molecule has 0 fully saturated rings. The molecule has 0 N–H and O–H groups in total. The van der Waals surface area contributed by atoms with Crippen molar-refractivity contribution in [3.63, 3.8) is 0 Å². The molecule has 16 heavy (non-hydrogen) atoms. The van der Waals surface area contributed by atoms with Crippen LogP contribution in [0.2, 0.25) is 0 Å². The monoisotopic (exact) mass is 217 g/mol. The summed E-state index contributed by atoms with van der Waals surface area (Å²) >= 11 is 0. The minimum absolute atomic E-state index is 0.176. The molecule has 0 saturated heterocycles. The van der Waals surface area contributed by atoms with E-state index in [4.69, 9.17) is 0 Å². The minimum Gasteiger partial charge on any atom is -0.341 e. The number of carbonyl (C=O) groups excluding carboxylic acids is 1. The highest BCUT2D eigenvalue weighted by atomic mass is 16.2. The Hall–Kier alpha value is -1.31. The van der Waals surface area contributed by atoms with Crippen LogP contribution < -0.4 is 0 Å². The molecule has 0 aliphatic carbocycles. The number of likely N-dealkylation sites (N-methyl/N-ethyl adjacent to an activating group) is 1. The Kier molecular flexibility index (Phi) is 2.53. The maximum Gasteiger partial charge on any atom is 0.227 e. The van der Waals surface area contributed by atoms with Crippen molar-refractivity contribution in [1.29, 1.82) is 0 Å². The van der Waals surface area contributed by atoms with Crippen molar-refractivity contribution < 1.29 is 4.79 Å². The Bertz CT molecular complexity index is 429. The SMILES string of the molecule is CN1Cc2cc(C(C)(C)C)ccc2CC1=O. The third-order valence-electron chi connectivity index (χ3n) is 3.25. The Balaban J connectivity index is 2.40. The molecule has 0 unspecified atom stereocenters. The van der Waals surface area contributed by atoms with Gasteiger partial charge in [-0.25, -0.2) is 0 Å². The molecule has 1 aliphatic heterocycles. The topological polar surface area (TPSA) is 20.3 Å². The fraction of sp³-hybridized carbons (Fsp3) is 0.500. The first-order valence-corrected chi connectivity index (χ1v) is 5.74. The molecule has 1 heterocycles. The first-order valence-electron chi connectivity index (χ1n) is 5.74. The number of benzene rings is 1. The average Bonchev–Trinajstić information content (AvgIpc) is 2.17. The van der Waals surface area contributed by atoms with Crippen LogP contribution in [0.3, 0.4) is 0 Å². The van der Waals surface area contributed by atoms with E-state index in [1.807, 2.05) is 7.05 Å². The summed E-state index contributed by atoms with van der Waals surface area (Å²) in [5, 5.41) is 0. The van der Waals surface area contributed by atoms with Crippen molar-refractivity contribution in [2.75, 3.05) is 7.05 Å². The van der Waals surface area contributed by atoms with Gasteiger partial charge in [0.05, 0.1) is 6.42 Å². The predicted molar refractivity (Wildman–Crippen MR) is 65.3 cm³/mol. The van der Waals surface area contributed by atoms with E-state index in [2.05, 4.69) is 39.0 Å². The van der Waals surface area contributed by atoms with Gasteiger partial charge in [0.1, 0.15) is 0 Å². The summed E-state index contributed by atoms with van der Waals surface area (Å²) in [6.45, 7) is 7.39. The molecule has 0 bridgehead atoms. The molecule has 1 amide bonds. The fourth-order valence-electron chi connectivity index (χ4n) is 2.05. The molecule has 2 heteroatoms. The number of carbonyl (C=O) groups is 1. The molecule has 2 nitrogen and oxygen atoms in total. The van der Waals surface area contributed by atoms with E-state index >= 15 is 0 Å². The highest BCUT2D eigenvalue weighted by molar-refractivity contribution is 5.80. The van der Waals surface area contributed by atoms with E-state index in [1.54, 1.807) is 4.90 Å². The van der Waals surface area contributed by atoms with Gasteiger partial charge in [-0.2, -0.15) is 0 Å². The van der Waals surface area contributed by atoms with Gasteiger partial charge in [0, 0.05) is 13.6 Å². The van der Waals surface area contributed by atoms with E-state index in [-0.39, 0.29) is 11.3 Å². The Labute approximate surface area is 97.3 Å². The lowest BCUT2D eigenvalue weighted by Gasteiger charge is -2.27. The van der Waals surface area contributed by atoms with Crippen LogP contribution in [0.15, 0.2) is 18.2 Å². The van der Waals surface area contributed by atoms with Crippen molar-refractivity contribution in [1.82, 2.24) is 4.90 Å². The number of nitrogens with zero attached hydrogens (tertiary/aromatic N) is 1. The van der Waals surface area contributed by atoms with Crippen molar-refractivity contribution in [3.8, 4) is 0 Å². The third-order valence-corrected chi connectivity index (χ3v) is 3.25. The van der Waals surface area contributed by atoms with Crippen LogP contribution >= 0.6 is 0 Å². The number of hydrogen-bond donors (Lipinski definition) is 0. The van der Waals surface area contributed by atoms with Gasteiger partial charge in [-0.3, -0.25) is 4.79 Å². The number of fused-ring (bicyclic) bond motifs is 1. The molecule has 0 aromatic heterocycles. The van der Waals surface area contributed by atoms with Gasteiger partial charge in [-0.1, -0.05) is 39.0 Å². The summed E-state index contributed by atoms with van der Waals surface area (Å²) in [4.78, 5) is 13.4. The lowest BCUT2D eigenvalue weighted by Crippen LogP contribution is -2.32. The van der Waals surface area contributed by atoms with Crippen molar-refractivity contribution in [2.45, 2.75) is 39.2 Å². The largest absolute Gasteiger partial charge is 0.341 e. The molecule has 0 saturated carbocycles. The van der Waals surface area contributed by atoms with E-state index in [0.29, 0.717) is 6.42 Å². The van der Waals surface area contributed by atoms with Crippen molar-refractivity contribution in [2.24, 2.45) is 0 Å². The zero-order valence-electron chi connectivity index (χ0n) is 10.5. The van der Waals surface area contributed by atoms with Crippen LogP contribution in [-0.2, 0) is 23.2 Å². The lowest BCUT2D eigenvalue weighted by molar-refractivity contribution is -0.130. The average molecular weight is 217 g/mol. The molecule has 86 valence electrons. The standard InChI is InChI=1S/C14H19NO/c1-14(2,3)12-6-5-10-8-13(16)15(4)9-11(10)7-12/h5-7H,8-9H2,1-4H3. The summed E-state index contributed by atoms with van der Waals surface area (Å²) in [6.07, 6.45) is 0.552. The van der Waals surface area contributed by atoms with E-state index in [0.717, 1.165) is 6.54 Å². The van der Waals surface area contributed by atoms with Crippen molar-refractivity contribution in [3.05, 3.63) is 34.9 Å². The molecule has 0 spiro atoms. The maximum atomic E-state index is 11.6. The molecule has 1 aliphatic rings. The smallest absolute Gasteiger partial charge is 0.227 e. The van der Waals surface area contributed by atoms with Gasteiger partial charge in [-0.05, 0) is 22.1 Å². The quantitative estimate of drug-likeness (QED) is 0.654. The van der Waals surface area contributed by atoms with Gasteiger partial charge < -0.3 is 4.90 Å². The first-order chi connectivity index (χ1) is 7.38. The zero-order chi connectivity index (χ0) is 11.9. The summed E-state index contributed by atoms with van der Waals surface area (Å²) in [7, 11) is 1.87. The molecule has 0 radical (unpaired) electrons. The van der Waals surface area contributed by atoms with Crippen LogP contribution in [0.5, 0.6) is 0 Å². The van der Waals surface area contributed by atoms with Gasteiger partial charge in [0.2, 0.25) is 5.91 Å². The molecule has 0 atom stereocenters. The van der Waals surface area contributed by atoms with Gasteiger partial charge >= 0.3 is 0 Å².